The molecule has 5 heteroatoms. The number of rotatable bonds is 2. The number of hydrogen-bond acceptors (Lipinski definition) is 4. The van der Waals surface area contributed by atoms with Crippen molar-refractivity contribution in [2.75, 3.05) is 6.54 Å². The normalized spacial score (nSPS) is 18.7. The molecule has 0 aromatic carbocycles. The highest BCUT2D eigenvalue weighted by molar-refractivity contribution is 7.07. The average Bonchev–Trinajstić information content (AvgIpc) is 3.09. The van der Waals surface area contributed by atoms with Crippen LogP contribution < -0.4 is 0 Å². The van der Waals surface area contributed by atoms with Gasteiger partial charge in [0, 0.05) is 12.7 Å². The summed E-state index contributed by atoms with van der Waals surface area (Å²) in [5, 5.41) is 13.9. The van der Waals surface area contributed by atoms with Crippen molar-refractivity contribution in [1.82, 2.24) is 9.88 Å². The van der Waals surface area contributed by atoms with Gasteiger partial charge in [0.1, 0.15) is 5.75 Å². The molecule has 4 nitrogen and oxygen atoms in total. The number of hydrogen-bond donors (Lipinski definition) is 1. The summed E-state index contributed by atoms with van der Waals surface area (Å²) in [6.45, 7) is 0.718. The van der Waals surface area contributed by atoms with E-state index in [1.807, 2.05) is 10.3 Å². The van der Waals surface area contributed by atoms with Crippen molar-refractivity contribution in [3.05, 3.63) is 46.4 Å². The Morgan fingerprint density at radius 2 is 2.37 bits per heavy atom. The van der Waals surface area contributed by atoms with Gasteiger partial charge in [0.2, 0.25) is 0 Å². The van der Waals surface area contributed by atoms with Crippen LogP contribution >= 0.6 is 11.3 Å². The topological polar surface area (TPSA) is 53.4 Å². The molecule has 0 radical (unpaired) electrons. The summed E-state index contributed by atoms with van der Waals surface area (Å²) in [7, 11) is 0. The van der Waals surface area contributed by atoms with Gasteiger partial charge in [0.15, 0.2) is 5.69 Å². The van der Waals surface area contributed by atoms with Gasteiger partial charge in [-0.3, -0.25) is 4.79 Å². The Bertz CT molecular complexity index is 583. The number of carbonyl (C=O) groups excluding carboxylic acids is 1. The molecule has 1 N–H and O–H groups in total. The Balaban J connectivity index is 1.89. The first-order chi connectivity index (χ1) is 9.27. The van der Waals surface area contributed by atoms with Gasteiger partial charge in [-0.2, -0.15) is 11.3 Å². The monoisotopic (exact) mass is 274 g/mol. The van der Waals surface area contributed by atoms with E-state index in [0.29, 0.717) is 0 Å². The third kappa shape index (κ3) is 2.21. The third-order valence-corrected chi connectivity index (χ3v) is 4.13. The fraction of sp³-hybridized carbons (Fsp3) is 0.286. The van der Waals surface area contributed by atoms with Crippen molar-refractivity contribution in [1.29, 1.82) is 0 Å². The van der Waals surface area contributed by atoms with Gasteiger partial charge in [-0.1, -0.05) is 0 Å². The molecule has 1 amide bonds. The predicted molar refractivity (Wildman–Crippen MR) is 73.2 cm³/mol. The van der Waals surface area contributed by atoms with Gasteiger partial charge in [0.05, 0.1) is 6.04 Å². The number of amides is 1. The van der Waals surface area contributed by atoms with Gasteiger partial charge in [-0.15, -0.1) is 0 Å². The summed E-state index contributed by atoms with van der Waals surface area (Å²) in [4.78, 5) is 18.3. The van der Waals surface area contributed by atoms with E-state index in [-0.39, 0.29) is 23.4 Å². The quantitative estimate of drug-likeness (QED) is 0.916. The molecular formula is C14H14N2O2S. The van der Waals surface area contributed by atoms with Crippen LogP contribution in [0, 0.1) is 0 Å². The maximum Gasteiger partial charge on any atom is 0.276 e. The molecule has 1 atom stereocenters. The van der Waals surface area contributed by atoms with Crippen LogP contribution in [0.5, 0.6) is 5.75 Å². The summed E-state index contributed by atoms with van der Waals surface area (Å²) < 4.78 is 0. The van der Waals surface area contributed by atoms with Gasteiger partial charge in [0.25, 0.3) is 5.91 Å². The molecular weight excluding hydrogens is 260 g/mol. The number of pyridine rings is 1. The minimum absolute atomic E-state index is 0.0523. The molecule has 1 saturated heterocycles. The molecule has 1 fully saturated rings. The van der Waals surface area contributed by atoms with Crippen LogP contribution in [0.1, 0.15) is 34.9 Å². The van der Waals surface area contributed by atoms with E-state index in [2.05, 4.69) is 16.4 Å². The minimum Gasteiger partial charge on any atom is -0.505 e. The van der Waals surface area contributed by atoms with Crippen LogP contribution in [0.4, 0.5) is 0 Å². The molecule has 0 unspecified atom stereocenters. The lowest BCUT2D eigenvalue weighted by Crippen LogP contribution is -2.31. The standard InChI is InChI=1S/C14H14N2O2S/c17-12-4-1-6-15-13(12)14(18)16-7-2-3-11(16)10-5-8-19-9-10/h1,4-6,8-9,11,17H,2-3,7H2/t11-/m1/s1. The number of carbonyl (C=O) groups is 1. The summed E-state index contributed by atoms with van der Waals surface area (Å²) >= 11 is 1.64. The van der Waals surface area contributed by atoms with Crippen molar-refractivity contribution in [3.63, 3.8) is 0 Å². The second-order valence-electron chi connectivity index (χ2n) is 4.58. The van der Waals surface area contributed by atoms with E-state index >= 15 is 0 Å². The first-order valence-electron chi connectivity index (χ1n) is 6.24. The lowest BCUT2D eigenvalue weighted by molar-refractivity contribution is 0.0726. The largest absolute Gasteiger partial charge is 0.505 e. The third-order valence-electron chi connectivity index (χ3n) is 3.43. The van der Waals surface area contributed by atoms with Crippen molar-refractivity contribution < 1.29 is 9.90 Å². The Morgan fingerprint density at radius 3 is 3.11 bits per heavy atom. The molecule has 2 aromatic rings. The van der Waals surface area contributed by atoms with Crippen molar-refractivity contribution >= 4 is 17.2 Å². The van der Waals surface area contributed by atoms with Gasteiger partial charge < -0.3 is 10.0 Å². The van der Waals surface area contributed by atoms with E-state index < -0.39 is 0 Å². The SMILES string of the molecule is O=C(c1ncccc1O)N1CCC[C@@H]1c1ccsc1. The van der Waals surface area contributed by atoms with Gasteiger partial charge in [-0.25, -0.2) is 4.98 Å². The summed E-state index contributed by atoms with van der Waals surface area (Å²) in [6.07, 6.45) is 3.48. The van der Waals surface area contributed by atoms with E-state index in [1.165, 1.54) is 17.8 Å². The highest BCUT2D eigenvalue weighted by atomic mass is 32.1. The first kappa shape index (κ1) is 12.2. The average molecular weight is 274 g/mol. The highest BCUT2D eigenvalue weighted by Crippen LogP contribution is 2.34. The number of aromatic nitrogens is 1. The fourth-order valence-corrected chi connectivity index (χ4v) is 3.23. The fourth-order valence-electron chi connectivity index (χ4n) is 2.52. The zero-order chi connectivity index (χ0) is 13.2. The highest BCUT2D eigenvalue weighted by Gasteiger charge is 2.32. The molecule has 98 valence electrons. The lowest BCUT2D eigenvalue weighted by atomic mass is 10.1. The molecule has 0 spiro atoms. The Morgan fingerprint density at radius 1 is 1.47 bits per heavy atom. The van der Waals surface area contributed by atoms with E-state index in [1.54, 1.807) is 17.4 Å². The smallest absolute Gasteiger partial charge is 0.276 e. The maximum atomic E-state index is 12.5. The van der Waals surface area contributed by atoms with Crippen molar-refractivity contribution in [2.45, 2.75) is 18.9 Å². The van der Waals surface area contributed by atoms with E-state index in [9.17, 15) is 9.90 Å². The maximum absolute atomic E-state index is 12.5. The molecule has 0 saturated carbocycles. The second-order valence-corrected chi connectivity index (χ2v) is 5.36. The van der Waals surface area contributed by atoms with Crippen LogP contribution in [0.2, 0.25) is 0 Å². The Kier molecular flexibility index (Phi) is 3.21. The molecule has 3 heterocycles. The zero-order valence-corrected chi connectivity index (χ0v) is 11.1. The van der Waals surface area contributed by atoms with Crippen LogP contribution in [0.15, 0.2) is 35.2 Å². The molecule has 3 rings (SSSR count). The number of likely N-dealkylation sites (tertiary alicyclic amines) is 1. The molecule has 1 aliphatic heterocycles. The lowest BCUT2D eigenvalue weighted by Gasteiger charge is -2.24. The molecule has 1 aliphatic rings. The number of thiophene rings is 1. The summed E-state index contributed by atoms with van der Waals surface area (Å²) in [6, 6.07) is 5.28. The first-order valence-corrected chi connectivity index (χ1v) is 7.18. The van der Waals surface area contributed by atoms with Gasteiger partial charge >= 0.3 is 0 Å². The van der Waals surface area contributed by atoms with Crippen molar-refractivity contribution in [2.24, 2.45) is 0 Å². The predicted octanol–water partition coefficient (Wildman–Crippen LogP) is 2.83. The summed E-state index contributed by atoms with van der Waals surface area (Å²) in [5.41, 5.74) is 1.32. The van der Waals surface area contributed by atoms with Crippen LogP contribution in [0.3, 0.4) is 0 Å². The molecule has 2 aromatic heterocycles. The molecule has 19 heavy (non-hydrogen) atoms. The Hall–Kier alpha value is -1.88. The van der Waals surface area contributed by atoms with Crippen LogP contribution in [-0.4, -0.2) is 27.4 Å². The van der Waals surface area contributed by atoms with Crippen molar-refractivity contribution in [3.8, 4) is 5.75 Å². The summed E-state index contributed by atoms with van der Waals surface area (Å²) in [5.74, 6) is -0.240. The zero-order valence-electron chi connectivity index (χ0n) is 10.3. The van der Waals surface area contributed by atoms with Gasteiger partial charge in [-0.05, 0) is 47.4 Å². The van der Waals surface area contributed by atoms with Crippen LogP contribution in [0.25, 0.3) is 0 Å². The molecule has 0 bridgehead atoms. The molecule has 0 aliphatic carbocycles. The Labute approximate surface area is 115 Å². The number of aromatic hydroxyl groups is 1. The van der Waals surface area contributed by atoms with E-state index in [0.717, 1.165) is 19.4 Å². The van der Waals surface area contributed by atoms with Crippen LogP contribution in [-0.2, 0) is 0 Å². The minimum atomic E-state index is -0.188. The second kappa shape index (κ2) is 5.01. The van der Waals surface area contributed by atoms with E-state index in [4.69, 9.17) is 0 Å². The number of nitrogens with zero attached hydrogens (tertiary/aromatic N) is 2.